The van der Waals surface area contributed by atoms with Crippen LogP contribution >= 0.6 is 0 Å². The number of fused-ring (bicyclic) bond motifs is 1. The van der Waals surface area contributed by atoms with Gasteiger partial charge < -0.3 is 9.47 Å². The van der Waals surface area contributed by atoms with Crippen molar-refractivity contribution < 1.29 is 9.47 Å². The maximum atomic E-state index is 5.62. The van der Waals surface area contributed by atoms with Crippen LogP contribution in [0.5, 0.6) is 0 Å². The summed E-state index contributed by atoms with van der Waals surface area (Å²) in [5, 5.41) is 2.52. The Balaban J connectivity index is 2.02. The van der Waals surface area contributed by atoms with Crippen molar-refractivity contribution in [3.05, 3.63) is 48.0 Å². The summed E-state index contributed by atoms with van der Waals surface area (Å²) in [5.41, 5.74) is 4.11. The molecule has 0 aromatic heterocycles. The zero-order valence-electron chi connectivity index (χ0n) is 11.8. The summed E-state index contributed by atoms with van der Waals surface area (Å²) in [7, 11) is 1.66. The van der Waals surface area contributed by atoms with Crippen molar-refractivity contribution in [1.29, 1.82) is 0 Å². The fraction of sp³-hybridized carbons (Fsp3) is 0.375. The lowest BCUT2D eigenvalue weighted by atomic mass is 9.99. The number of nitrogens with two attached hydrogens (primary N) is 1. The van der Waals surface area contributed by atoms with Gasteiger partial charge in [0.05, 0.1) is 19.8 Å². The minimum atomic E-state index is 0.0951. The van der Waals surface area contributed by atoms with Gasteiger partial charge in [-0.05, 0) is 22.8 Å². The van der Waals surface area contributed by atoms with E-state index in [9.17, 15) is 0 Å². The minimum absolute atomic E-state index is 0.0951. The number of nitrogens with one attached hydrogen (secondary N) is 1. The molecule has 0 aliphatic carbocycles. The molecule has 1 unspecified atom stereocenters. The molecule has 0 amide bonds. The normalized spacial score (nSPS) is 12.7. The maximum Gasteiger partial charge on any atom is 0.0701 e. The summed E-state index contributed by atoms with van der Waals surface area (Å²) in [6.07, 6.45) is 0.838. The first-order chi connectivity index (χ1) is 9.85. The topological polar surface area (TPSA) is 56.5 Å². The smallest absolute Gasteiger partial charge is 0.0701 e. The van der Waals surface area contributed by atoms with Gasteiger partial charge in [0.1, 0.15) is 0 Å². The highest BCUT2D eigenvalue weighted by atomic mass is 16.5. The third-order valence-corrected chi connectivity index (χ3v) is 3.33. The Labute approximate surface area is 119 Å². The van der Waals surface area contributed by atoms with Crippen LogP contribution in [-0.2, 0) is 15.9 Å². The van der Waals surface area contributed by atoms with E-state index in [4.69, 9.17) is 15.3 Å². The molecule has 0 aliphatic rings. The molecule has 0 bridgehead atoms. The summed E-state index contributed by atoms with van der Waals surface area (Å²) < 4.78 is 10.5. The van der Waals surface area contributed by atoms with Crippen LogP contribution < -0.4 is 11.3 Å². The number of ether oxygens (including phenoxy) is 2. The molecule has 4 nitrogen and oxygen atoms in total. The third-order valence-electron chi connectivity index (χ3n) is 3.33. The second-order valence-corrected chi connectivity index (χ2v) is 4.77. The van der Waals surface area contributed by atoms with Crippen LogP contribution in [-0.4, -0.2) is 33.0 Å². The van der Waals surface area contributed by atoms with Gasteiger partial charge in [0.2, 0.25) is 0 Å². The van der Waals surface area contributed by atoms with E-state index in [2.05, 4.69) is 47.9 Å². The van der Waals surface area contributed by atoms with Crippen LogP contribution in [0.25, 0.3) is 10.8 Å². The van der Waals surface area contributed by atoms with Crippen LogP contribution in [0.15, 0.2) is 42.5 Å². The quantitative estimate of drug-likeness (QED) is 0.438. The van der Waals surface area contributed by atoms with Crippen molar-refractivity contribution in [2.75, 3.05) is 26.9 Å². The lowest BCUT2D eigenvalue weighted by molar-refractivity contribution is 0.0588. The molecule has 20 heavy (non-hydrogen) atoms. The molecular weight excluding hydrogens is 252 g/mol. The monoisotopic (exact) mass is 274 g/mol. The molecule has 0 saturated carbocycles. The van der Waals surface area contributed by atoms with Crippen molar-refractivity contribution in [1.82, 2.24) is 5.43 Å². The lowest BCUT2D eigenvalue weighted by Gasteiger charge is -2.17. The highest BCUT2D eigenvalue weighted by molar-refractivity contribution is 5.85. The summed E-state index contributed by atoms with van der Waals surface area (Å²) in [4.78, 5) is 0. The second-order valence-electron chi connectivity index (χ2n) is 4.77. The Morgan fingerprint density at radius 2 is 1.90 bits per heavy atom. The van der Waals surface area contributed by atoms with Gasteiger partial charge in [0.25, 0.3) is 0 Å². The number of hydrogen-bond acceptors (Lipinski definition) is 4. The van der Waals surface area contributed by atoms with E-state index < -0.39 is 0 Å². The van der Waals surface area contributed by atoms with Gasteiger partial charge in [0.15, 0.2) is 0 Å². The number of methoxy groups -OCH3 is 1. The Kier molecular flexibility index (Phi) is 5.95. The van der Waals surface area contributed by atoms with Gasteiger partial charge in [-0.25, -0.2) is 0 Å². The Morgan fingerprint density at radius 3 is 2.70 bits per heavy atom. The fourth-order valence-electron chi connectivity index (χ4n) is 2.27. The van der Waals surface area contributed by atoms with Crippen molar-refractivity contribution in [3.63, 3.8) is 0 Å². The van der Waals surface area contributed by atoms with E-state index in [1.807, 2.05) is 0 Å². The van der Waals surface area contributed by atoms with E-state index >= 15 is 0 Å². The molecule has 2 aromatic rings. The zero-order chi connectivity index (χ0) is 14.2. The summed E-state index contributed by atoms with van der Waals surface area (Å²) in [6, 6.07) is 14.8. The van der Waals surface area contributed by atoms with Gasteiger partial charge in [-0.2, -0.15) is 0 Å². The molecule has 1 atom stereocenters. The molecule has 0 radical (unpaired) electrons. The van der Waals surface area contributed by atoms with Crippen LogP contribution in [0, 0.1) is 0 Å². The van der Waals surface area contributed by atoms with Crippen LogP contribution in [0.3, 0.4) is 0 Å². The number of hydrogen-bond donors (Lipinski definition) is 2. The predicted octanol–water partition coefficient (Wildman–Crippen LogP) is 1.88. The molecule has 4 heteroatoms. The fourth-order valence-corrected chi connectivity index (χ4v) is 2.27. The molecule has 0 fully saturated rings. The van der Waals surface area contributed by atoms with Gasteiger partial charge >= 0.3 is 0 Å². The SMILES string of the molecule is COCCOCC(Cc1cccc2ccccc12)NN. The molecule has 0 aliphatic heterocycles. The molecule has 108 valence electrons. The summed E-state index contributed by atoms with van der Waals surface area (Å²) >= 11 is 0. The maximum absolute atomic E-state index is 5.62. The Hall–Kier alpha value is -1.46. The molecule has 3 N–H and O–H groups in total. The van der Waals surface area contributed by atoms with Crippen molar-refractivity contribution >= 4 is 10.8 Å². The Morgan fingerprint density at radius 1 is 1.10 bits per heavy atom. The highest BCUT2D eigenvalue weighted by Crippen LogP contribution is 2.19. The van der Waals surface area contributed by atoms with Gasteiger partial charge in [-0.15, -0.1) is 0 Å². The average Bonchev–Trinajstić information content (AvgIpc) is 2.50. The molecule has 0 heterocycles. The number of rotatable bonds is 8. The molecule has 2 aromatic carbocycles. The standard InChI is InChI=1S/C16H22N2O2/c1-19-9-10-20-12-15(18-17)11-14-7-4-6-13-5-2-3-8-16(13)14/h2-8,15,18H,9-12,17H2,1H3. The minimum Gasteiger partial charge on any atom is -0.382 e. The van der Waals surface area contributed by atoms with Crippen LogP contribution in [0.4, 0.5) is 0 Å². The first-order valence-corrected chi connectivity index (χ1v) is 6.84. The summed E-state index contributed by atoms with van der Waals surface area (Å²) in [5.74, 6) is 5.62. The van der Waals surface area contributed by atoms with E-state index in [1.165, 1.54) is 16.3 Å². The molecule has 0 spiro atoms. The van der Waals surface area contributed by atoms with Crippen molar-refractivity contribution in [3.8, 4) is 0 Å². The molecular formula is C16H22N2O2. The zero-order valence-corrected chi connectivity index (χ0v) is 11.8. The van der Waals surface area contributed by atoms with E-state index in [1.54, 1.807) is 7.11 Å². The Bertz CT molecular complexity index is 525. The highest BCUT2D eigenvalue weighted by Gasteiger charge is 2.10. The van der Waals surface area contributed by atoms with Gasteiger partial charge in [-0.1, -0.05) is 42.5 Å². The average molecular weight is 274 g/mol. The van der Waals surface area contributed by atoms with Crippen LogP contribution in [0.2, 0.25) is 0 Å². The first kappa shape index (κ1) is 14.9. The van der Waals surface area contributed by atoms with E-state index in [-0.39, 0.29) is 6.04 Å². The van der Waals surface area contributed by atoms with Crippen molar-refractivity contribution in [2.45, 2.75) is 12.5 Å². The van der Waals surface area contributed by atoms with E-state index in [0.717, 1.165) is 6.42 Å². The first-order valence-electron chi connectivity index (χ1n) is 6.84. The second kappa shape index (κ2) is 7.97. The lowest BCUT2D eigenvalue weighted by Crippen LogP contribution is -2.40. The number of hydrazine groups is 1. The predicted molar refractivity (Wildman–Crippen MR) is 81.5 cm³/mol. The molecule has 2 rings (SSSR count). The molecule has 0 saturated heterocycles. The number of benzene rings is 2. The van der Waals surface area contributed by atoms with Crippen LogP contribution in [0.1, 0.15) is 5.56 Å². The summed E-state index contributed by atoms with van der Waals surface area (Å²) in [6.45, 7) is 1.76. The van der Waals surface area contributed by atoms with Gasteiger partial charge in [-0.3, -0.25) is 11.3 Å². The third kappa shape index (κ3) is 4.02. The van der Waals surface area contributed by atoms with E-state index in [0.29, 0.717) is 19.8 Å². The van der Waals surface area contributed by atoms with Gasteiger partial charge in [0, 0.05) is 13.2 Å². The van der Waals surface area contributed by atoms with Crippen molar-refractivity contribution in [2.24, 2.45) is 5.84 Å². The largest absolute Gasteiger partial charge is 0.382 e.